The fraction of sp³-hybridized carbons (Fsp3) is 0.150. The molecule has 0 radical (unpaired) electrons. The highest BCUT2D eigenvalue weighted by Crippen LogP contribution is 2.27. The van der Waals surface area contributed by atoms with Crippen LogP contribution in [-0.4, -0.2) is 28.6 Å². The molecule has 0 N–H and O–H groups in total. The van der Waals surface area contributed by atoms with Gasteiger partial charge in [-0.1, -0.05) is 12.1 Å². The second-order valence-electron chi connectivity index (χ2n) is 5.43. The molecule has 6 heteroatoms. The predicted molar refractivity (Wildman–Crippen MR) is 101 cm³/mol. The molecule has 0 unspecified atom stereocenters. The Hall–Kier alpha value is -3.04. The number of nitriles is 1. The number of rotatable bonds is 5. The van der Waals surface area contributed by atoms with E-state index in [9.17, 15) is 4.79 Å². The second-order valence-corrected chi connectivity index (χ2v) is 6.31. The third kappa shape index (κ3) is 3.63. The summed E-state index contributed by atoms with van der Waals surface area (Å²) in [5.74, 6) is -0.457. The van der Waals surface area contributed by atoms with Crippen molar-refractivity contribution in [1.29, 1.82) is 5.26 Å². The zero-order valence-electron chi connectivity index (χ0n) is 14.5. The van der Waals surface area contributed by atoms with Crippen LogP contribution < -0.4 is 0 Å². The second kappa shape index (κ2) is 7.89. The molecule has 0 amide bonds. The molecular weight excluding hydrogens is 346 g/mol. The van der Waals surface area contributed by atoms with Crippen LogP contribution in [-0.2, 0) is 4.74 Å². The molecule has 130 valence electrons. The fourth-order valence-electron chi connectivity index (χ4n) is 2.53. The monoisotopic (exact) mass is 363 g/mol. The average Bonchev–Trinajstić information content (AvgIpc) is 3.14. The Morgan fingerprint density at radius 2 is 1.88 bits per heavy atom. The van der Waals surface area contributed by atoms with Crippen molar-refractivity contribution < 1.29 is 9.53 Å². The van der Waals surface area contributed by atoms with Crippen LogP contribution in [0.2, 0.25) is 0 Å². The Morgan fingerprint density at radius 3 is 2.46 bits per heavy atom. The summed E-state index contributed by atoms with van der Waals surface area (Å²) in [5, 5.41) is 13.4. The van der Waals surface area contributed by atoms with E-state index in [1.165, 1.54) is 0 Å². The first-order chi connectivity index (χ1) is 12.7. The van der Waals surface area contributed by atoms with Gasteiger partial charge in [0.1, 0.15) is 0 Å². The summed E-state index contributed by atoms with van der Waals surface area (Å²) in [4.78, 5) is 13.3. The number of aromatic nitrogens is 2. The van der Waals surface area contributed by atoms with Crippen molar-refractivity contribution in [3.8, 4) is 23.0 Å². The van der Waals surface area contributed by atoms with Crippen LogP contribution in [0.15, 0.2) is 59.5 Å². The van der Waals surface area contributed by atoms with E-state index in [2.05, 4.69) is 11.2 Å². The molecule has 0 bridgehead atoms. The molecule has 3 aromatic rings. The van der Waals surface area contributed by atoms with Gasteiger partial charge in [-0.25, -0.2) is 9.48 Å². The number of hydrogen-bond donors (Lipinski definition) is 0. The molecule has 0 saturated heterocycles. The van der Waals surface area contributed by atoms with Crippen molar-refractivity contribution in [2.75, 3.05) is 12.9 Å². The summed E-state index contributed by atoms with van der Waals surface area (Å²) in [6.07, 6.45) is 2.02. The topological polar surface area (TPSA) is 67.9 Å². The molecule has 0 spiro atoms. The molecule has 0 atom stereocenters. The smallest absolute Gasteiger partial charge is 0.358 e. The van der Waals surface area contributed by atoms with E-state index in [1.807, 2.05) is 30.5 Å². The zero-order valence-corrected chi connectivity index (χ0v) is 15.3. The van der Waals surface area contributed by atoms with E-state index in [1.54, 1.807) is 53.7 Å². The predicted octanol–water partition coefficient (Wildman–Crippen LogP) is 4.31. The number of thioether (sulfide) groups is 1. The van der Waals surface area contributed by atoms with Gasteiger partial charge in [0, 0.05) is 10.5 Å². The summed E-state index contributed by atoms with van der Waals surface area (Å²) < 4.78 is 6.78. The largest absolute Gasteiger partial charge is 0.461 e. The van der Waals surface area contributed by atoms with Crippen LogP contribution >= 0.6 is 11.8 Å². The first-order valence-electron chi connectivity index (χ1n) is 8.08. The van der Waals surface area contributed by atoms with Crippen molar-refractivity contribution in [3.05, 3.63) is 65.9 Å². The lowest BCUT2D eigenvalue weighted by atomic mass is 10.1. The van der Waals surface area contributed by atoms with Gasteiger partial charge in [-0.3, -0.25) is 0 Å². The minimum atomic E-state index is -0.457. The van der Waals surface area contributed by atoms with Crippen molar-refractivity contribution in [3.63, 3.8) is 0 Å². The summed E-state index contributed by atoms with van der Waals surface area (Å²) in [6.45, 7) is 2.05. The van der Waals surface area contributed by atoms with Gasteiger partial charge in [0.25, 0.3) is 0 Å². The van der Waals surface area contributed by atoms with Crippen LogP contribution in [0.1, 0.15) is 23.0 Å². The maximum atomic E-state index is 12.1. The van der Waals surface area contributed by atoms with Gasteiger partial charge in [-0.15, -0.1) is 11.8 Å². The third-order valence-corrected chi connectivity index (χ3v) is 4.56. The Morgan fingerprint density at radius 1 is 1.19 bits per heavy atom. The normalized spacial score (nSPS) is 10.3. The standard InChI is InChI=1S/C20H17N3O2S/c1-3-25-20(24)18-12-19(15-6-10-17(26-2)11-7-15)23(22-18)16-8-4-14(13-21)5-9-16/h4-12H,3H2,1-2H3. The number of ether oxygens (including phenoxy) is 1. The quantitative estimate of drug-likeness (QED) is 0.499. The lowest BCUT2D eigenvalue weighted by Gasteiger charge is -2.08. The maximum Gasteiger partial charge on any atom is 0.358 e. The number of carbonyl (C=O) groups is 1. The molecule has 0 fully saturated rings. The average molecular weight is 363 g/mol. The van der Waals surface area contributed by atoms with E-state index >= 15 is 0 Å². The maximum absolute atomic E-state index is 12.1. The van der Waals surface area contributed by atoms with Crippen molar-refractivity contribution in [2.24, 2.45) is 0 Å². The van der Waals surface area contributed by atoms with E-state index in [4.69, 9.17) is 10.00 Å². The van der Waals surface area contributed by atoms with Crippen LogP contribution in [0.5, 0.6) is 0 Å². The highest BCUT2D eigenvalue weighted by molar-refractivity contribution is 7.98. The Bertz CT molecular complexity index is 954. The molecule has 0 saturated carbocycles. The SMILES string of the molecule is CCOC(=O)c1cc(-c2ccc(SC)cc2)n(-c2ccc(C#N)cc2)n1. The van der Waals surface area contributed by atoms with E-state index in [0.717, 1.165) is 21.8 Å². The van der Waals surface area contributed by atoms with Gasteiger partial charge >= 0.3 is 5.97 Å². The first kappa shape index (κ1) is 17.8. The van der Waals surface area contributed by atoms with Crippen LogP contribution in [0.25, 0.3) is 16.9 Å². The van der Waals surface area contributed by atoms with Gasteiger partial charge in [0.05, 0.1) is 29.6 Å². The summed E-state index contributed by atoms with van der Waals surface area (Å²) in [7, 11) is 0. The van der Waals surface area contributed by atoms with Crippen LogP contribution in [0, 0.1) is 11.3 Å². The summed E-state index contributed by atoms with van der Waals surface area (Å²) in [6, 6.07) is 18.9. The lowest BCUT2D eigenvalue weighted by Crippen LogP contribution is -2.06. The number of esters is 1. The van der Waals surface area contributed by atoms with E-state index < -0.39 is 5.97 Å². The van der Waals surface area contributed by atoms with E-state index in [0.29, 0.717) is 12.2 Å². The molecule has 1 aromatic heterocycles. The molecule has 0 aliphatic heterocycles. The van der Waals surface area contributed by atoms with Crippen LogP contribution in [0.4, 0.5) is 0 Å². The number of benzene rings is 2. The molecule has 0 aliphatic rings. The van der Waals surface area contributed by atoms with Gasteiger partial charge in [-0.2, -0.15) is 10.4 Å². The lowest BCUT2D eigenvalue weighted by molar-refractivity contribution is 0.0519. The van der Waals surface area contributed by atoms with E-state index in [-0.39, 0.29) is 5.69 Å². The summed E-state index contributed by atoms with van der Waals surface area (Å²) in [5.41, 5.74) is 3.31. The number of nitrogens with zero attached hydrogens (tertiary/aromatic N) is 3. The molecule has 0 aliphatic carbocycles. The fourth-order valence-corrected chi connectivity index (χ4v) is 2.94. The van der Waals surface area contributed by atoms with Crippen molar-refractivity contribution in [2.45, 2.75) is 11.8 Å². The van der Waals surface area contributed by atoms with Crippen molar-refractivity contribution >= 4 is 17.7 Å². The zero-order chi connectivity index (χ0) is 18.5. The molecule has 3 rings (SSSR count). The minimum absolute atomic E-state index is 0.250. The van der Waals surface area contributed by atoms with Gasteiger partial charge in [-0.05, 0) is 55.6 Å². The van der Waals surface area contributed by atoms with Crippen molar-refractivity contribution in [1.82, 2.24) is 9.78 Å². The molecule has 2 aromatic carbocycles. The third-order valence-electron chi connectivity index (χ3n) is 3.82. The Balaban J connectivity index is 2.10. The van der Waals surface area contributed by atoms with Gasteiger partial charge in [0.2, 0.25) is 0 Å². The molecule has 26 heavy (non-hydrogen) atoms. The first-order valence-corrected chi connectivity index (χ1v) is 9.31. The Labute approximate surface area is 156 Å². The number of carbonyl (C=O) groups excluding carboxylic acids is 1. The molecular formula is C20H17N3O2S. The minimum Gasteiger partial charge on any atom is -0.461 e. The van der Waals surface area contributed by atoms with Crippen LogP contribution in [0.3, 0.4) is 0 Å². The molecule has 1 heterocycles. The number of hydrogen-bond acceptors (Lipinski definition) is 5. The highest BCUT2D eigenvalue weighted by Gasteiger charge is 2.17. The van der Waals surface area contributed by atoms with Gasteiger partial charge in [0.15, 0.2) is 5.69 Å². The van der Waals surface area contributed by atoms with Gasteiger partial charge < -0.3 is 4.74 Å². The summed E-state index contributed by atoms with van der Waals surface area (Å²) >= 11 is 1.67. The Kier molecular flexibility index (Phi) is 5.40. The molecule has 5 nitrogen and oxygen atoms in total. The highest BCUT2D eigenvalue weighted by atomic mass is 32.2.